The highest BCUT2D eigenvalue weighted by atomic mass is 32.1. The minimum atomic E-state index is 0.544. The van der Waals surface area contributed by atoms with E-state index in [9.17, 15) is 0 Å². The fraction of sp³-hybridized carbons (Fsp3) is 0.873. The molecule has 4 aromatic rings. The Morgan fingerprint density at radius 3 is 0.602 bits per heavy atom. The Bertz CT molecular complexity index is 1920. The summed E-state index contributed by atoms with van der Waals surface area (Å²) in [6, 6.07) is 16.4. The zero-order valence-electron chi connectivity index (χ0n) is 91.0. The molecule has 7 saturated heterocycles. The van der Waals surface area contributed by atoms with Crippen LogP contribution in [-0.4, -0.2) is 127 Å². The molecule has 11 fully saturated rings. The van der Waals surface area contributed by atoms with Crippen molar-refractivity contribution >= 4 is 44.0 Å². The van der Waals surface area contributed by atoms with Crippen molar-refractivity contribution in [2.45, 2.75) is 442 Å². The molecule has 123 heavy (non-hydrogen) atoms. The number of nitrogens with zero attached hydrogens (tertiary/aromatic N) is 2. The molecule has 4 aliphatic carbocycles. The van der Waals surface area contributed by atoms with Crippen LogP contribution in [0.4, 0.5) is 0 Å². The predicted octanol–water partition coefficient (Wildman–Crippen LogP) is 33.4. The minimum absolute atomic E-state index is 0.544. The molecule has 7 aliphatic heterocycles. The zero-order chi connectivity index (χ0) is 95.8. The lowest BCUT2D eigenvalue weighted by molar-refractivity contribution is 0.0968. The summed E-state index contributed by atoms with van der Waals surface area (Å²) < 4.78 is 15.5. The van der Waals surface area contributed by atoms with Gasteiger partial charge < -0.3 is 46.7 Å². The summed E-state index contributed by atoms with van der Waals surface area (Å²) in [7, 11) is 0. The molecular formula is C110H233N9O2S2. The van der Waals surface area contributed by atoms with Gasteiger partial charge in [0.1, 0.15) is 0 Å². The molecule has 0 bridgehead atoms. The van der Waals surface area contributed by atoms with Gasteiger partial charge in [-0.1, -0.05) is 415 Å². The van der Waals surface area contributed by atoms with Crippen molar-refractivity contribution in [3.05, 3.63) is 58.9 Å². The number of piperazine rings is 1. The maximum atomic E-state index is 5.07. The summed E-state index contributed by atoms with van der Waals surface area (Å²) in [5.41, 5.74) is 2.23. The summed E-state index contributed by atoms with van der Waals surface area (Å²) in [5.74, 6) is 10.5. The maximum Gasteiger partial charge on any atom is 0.0963 e. The molecule has 0 spiro atoms. The molecule has 0 radical (unpaired) electrons. The van der Waals surface area contributed by atoms with Crippen LogP contribution in [0.25, 0.3) is 21.1 Å². The standard InChI is InChI=1S/C10H11NS.C7H5NS.C6H12.C5H11N.C5H10O.C5H10.C4H10N2.C4H9NO.C4H9N.C4H8.12C4H10.C3H7N.C3H6.C2H5N/c1-7(2)10-11-8-5-3-4-6-9(8)12-10;1-2-4-7-6(3-1)5-9-8-7;3*1-2-4-6-5-3-1;1-2-4-5-3-1;1-2-6-4-3-5-1;1-3-6-4-2-5-1;1-2-4-5-3-1;1-2-4-3-1;12*1-4(2)3;1-2-4-3-1;2*1-2-3-1/h3-7H,1-2H3;1-5H;1-6H2;6H,1-5H2;1-5H2;1-5H2;5-6H,1-4H2;5H,1-4H2;5H,1-4H2;1-4H2;12*4H,1-3H3;4H,1-3H2;1-3H2;3H,1-2H2. The van der Waals surface area contributed by atoms with E-state index >= 15 is 0 Å². The van der Waals surface area contributed by atoms with Crippen LogP contribution in [0.5, 0.6) is 0 Å². The van der Waals surface area contributed by atoms with E-state index in [1.807, 2.05) is 24.3 Å². The number of hydrogen-bond donors (Lipinski definition) is 7. The number of nitrogens with one attached hydrogen (secondary N) is 7. The largest absolute Gasteiger partial charge is 0.381 e. The first-order valence-electron chi connectivity index (χ1n) is 51.8. The van der Waals surface area contributed by atoms with Gasteiger partial charge in [-0.25, -0.2) is 4.98 Å². The number of benzene rings is 2. The molecule has 0 atom stereocenters. The fourth-order valence-corrected chi connectivity index (χ4v) is 9.17. The van der Waals surface area contributed by atoms with Gasteiger partial charge in [0.05, 0.1) is 34.0 Å². The lowest BCUT2D eigenvalue weighted by Gasteiger charge is -2.11. The average Bonchev–Trinajstić information content (AvgIpc) is 1.69. The van der Waals surface area contributed by atoms with Gasteiger partial charge in [0.2, 0.25) is 0 Å². The highest BCUT2D eigenvalue weighted by Gasteiger charge is 2.06. The quantitative estimate of drug-likeness (QED) is 0.0917. The normalized spacial score (nSPS) is 15.9. The molecule has 4 saturated carbocycles. The van der Waals surface area contributed by atoms with Crippen LogP contribution in [0.2, 0.25) is 0 Å². The van der Waals surface area contributed by atoms with Gasteiger partial charge in [-0.05, 0) is 191 Å². The Hall–Kier alpha value is -2.14. The van der Waals surface area contributed by atoms with Crippen molar-refractivity contribution in [1.82, 2.24) is 46.6 Å². The number of para-hydroxylation sites is 1. The van der Waals surface area contributed by atoms with Crippen molar-refractivity contribution in [2.24, 2.45) is 71.0 Å². The summed E-state index contributed by atoms with van der Waals surface area (Å²) in [5, 5.41) is 26.7. The molecule has 0 unspecified atom stereocenters. The Kier molecular flexibility index (Phi) is 138. The van der Waals surface area contributed by atoms with Gasteiger partial charge >= 0.3 is 0 Å². The Balaban J connectivity index is -0.000000136. The first-order valence-corrected chi connectivity index (χ1v) is 53.4. The second-order valence-electron chi connectivity index (χ2n) is 41.9. The van der Waals surface area contributed by atoms with Gasteiger partial charge in [-0.2, -0.15) is 4.37 Å². The van der Waals surface area contributed by atoms with Gasteiger partial charge in [-0.3, -0.25) is 0 Å². The topological polar surface area (TPSA) is 138 Å². The van der Waals surface area contributed by atoms with Crippen molar-refractivity contribution < 1.29 is 9.47 Å². The Morgan fingerprint density at radius 1 is 0.228 bits per heavy atom. The summed E-state index contributed by atoms with van der Waals surface area (Å²) in [4.78, 5) is 4.53. The molecule has 7 N–H and O–H groups in total. The van der Waals surface area contributed by atoms with E-state index in [1.165, 1.54) is 252 Å². The van der Waals surface area contributed by atoms with E-state index in [0.29, 0.717) is 5.92 Å². The van der Waals surface area contributed by atoms with Gasteiger partial charge in [0, 0.05) is 82.3 Å². The first-order chi connectivity index (χ1) is 58.0. The number of aromatic nitrogens is 2. The van der Waals surface area contributed by atoms with Crippen LogP contribution in [0.15, 0.2) is 53.9 Å². The molecule has 15 rings (SSSR count). The summed E-state index contributed by atoms with van der Waals surface area (Å²) >= 11 is 3.30. The average molecular weight is 1780 g/mol. The van der Waals surface area contributed by atoms with E-state index in [1.54, 1.807) is 11.3 Å². The van der Waals surface area contributed by atoms with Crippen LogP contribution >= 0.6 is 22.9 Å². The van der Waals surface area contributed by atoms with Crippen LogP contribution in [0, 0.1) is 71.0 Å². The van der Waals surface area contributed by atoms with Crippen LogP contribution in [0.3, 0.4) is 0 Å². The van der Waals surface area contributed by atoms with Crippen molar-refractivity contribution in [2.75, 3.05) is 118 Å². The summed E-state index contributed by atoms with van der Waals surface area (Å²) in [6.07, 6.45) is 39.3. The lowest BCUT2D eigenvalue weighted by atomic mass is 10.0. The van der Waals surface area contributed by atoms with Gasteiger partial charge in [0.25, 0.3) is 0 Å². The summed E-state index contributed by atoms with van der Waals surface area (Å²) in [6.45, 7) is 103. The van der Waals surface area contributed by atoms with E-state index < -0.39 is 0 Å². The number of thiazole rings is 1. The molecule has 11 nitrogen and oxygen atoms in total. The highest BCUT2D eigenvalue weighted by Crippen LogP contribution is 2.27. The maximum absolute atomic E-state index is 5.07. The number of hydrogen-bond acceptors (Lipinski definition) is 13. The molecule has 13 heteroatoms. The molecule has 9 heterocycles. The van der Waals surface area contributed by atoms with Gasteiger partial charge in [0.15, 0.2) is 0 Å². The molecule has 0 amide bonds. The molecular weight excluding hydrogens is 1540 g/mol. The smallest absolute Gasteiger partial charge is 0.0963 e. The zero-order valence-corrected chi connectivity index (χ0v) is 92.7. The third kappa shape index (κ3) is 216. The third-order valence-electron chi connectivity index (χ3n) is 13.2. The van der Waals surface area contributed by atoms with E-state index in [-0.39, 0.29) is 0 Å². The molecule has 11 aliphatic rings. The molecule has 742 valence electrons. The predicted molar refractivity (Wildman–Crippen MR) is 576 cm³/mol. The Morgan fingerprint density at radius 2 is 0.431 bits per heavy atom. The van der Waals surface area contributed by atoms with Crippen LogP contribution < -0.4 is 37.2 Å². The highest BCUT2D eigenvalue weighted by molar-refractivity contribution is 7.18. The van der Waals surface area contributed by atoms with E-state index in [2.05, 4.69) is 339 Å². The van der Waals surface area contributed by atoms with Gasteiger partial charge in [-0.15, -0.1) is 11.3 Å². The third-order valence-corrected chi connectivity index (χ3v) is 15.2. The fourth-order valence-electron chi connectivity index (χ4n) is 7.55. The number of ether oxygens (including phenoxy) is 2. The first kappa shape index (κ1) is 141. The Labute approximate surface area is 785 Å². The molecule has 2 aromatic heterocycles. The van der Waals surface area contributed by atoms with E-state index in [0.717, 1.165) is 148 Å². The minimum Gasteiger partial charge on any atom is -0.381 e. The molecule has 2 aromatic carbocycles. The number of rotatable bonds is 1. The number of fused-ring (bicyclic) bond motifs is 2. The van der Waals surface area contributed by atoms with E-state index in [4.69, 9.17) is 9.47 Å². The van der Waals surface area contributed by atoms with Crippen LogP contribution in [-0.2, 0) is 9.47 Å². The monoisotopic (exact) mass is 1780 g/mol. The lowest BCUT2D eigenvalue weighted by Crippen LogP contribution is -2.39. The second kappa shape index (κ2) is 120. The number of piperidine rings is 1. The number of morpholine rings is 1. The van der Waals surface area contributed by atoms with Crippen molar-refractivity contribution in [3.8, 4) is 0 Å². The van der Waals surface area contributed by atoms with Crippen LogP contribution in [0.1, 0.15) is 447 Å². The second-order valence-corrected chi connectivity index (χ2v) is 43.5. The van der Waals surface area contributed by atoms with Crippen molar-refractivity contribution in [1.29, 1.82) is 0 Å². The SMILES string of the molecule is C1CC1.C1CCC1.C1CCCC1.C1CCCCC1.C1CCNC1.C1CCNCC1.C1CCOCC1.C1CN1.C1CNC1.C1CNCCN1.C1COCCN1.CC(C)C.CC(C)C.CC(C)C.CC(C)C.CC(C)C.CC(C)C.CC(C)C.CC(C)C.CC(C)C.CC(C)C.CC(C)C.CC(C)C.CC(C)c1nc2ccccc2s1.c1ccc2nscc2c1. The van der Waals surface area contributed by atoms with Crippen molar-refractivity contribution in [3.63, 3.8) is 0 Å².